The molecule has 1 aromatic heterocycles. The number of hydroxylamine groups is 1. The van der Waals surface area contributed by atoms with Gasteiger partial charge in [0, 0.05) is 43.7 Å². The van der Waals surface area contributed by atoms with Gasteiger partial charge in [-0.3, -0.25) is 14.9 Å². The molecule has 2 heterocycles. The monoisotopic (exact) mass is 594 g/mol. The van der Waals surface area contributed by atoms with Crippen molar-refractivity contribution in [1.29, 1.82) is 0 Å². The largest absolute Gasteiger partial charge is 0.489 e. The van der Waals surface area contributed by atoms with Gasteiger partial charge in [0.25, 0.3) is 5.91 Å². The normalized spacial score (nSPS) is 16.3. The van der Waals surface area contributed by atoms with Crippen molar-refractivity contribution in [3.05, 3.63) is 59.9 Å². The summed E-state index contributed by atoms with van der Waals surface area (Å²) in [7, 11) is -7.46. The molecule has 0 radical (unpaired) electrons. The number of benzene rings is 2. The van der Waals surface area contributed by atoms with E-state index in [-0.39, 0.29) is 44.2 Å². The number of rotatable bonds is 11. The van der Waals surface area contributed by atoms with Crippen LogP contribution in [0.15, 0.2) is 57.8 Å². The lowest BCUT2D eigenvalue weighted by Crippen LogP contribution is -2.59. The van der Waals surface area contributed by atoms with E-state index in [0.717, 1.165) is 22.3 Å². The first-order valence-electron chi connectivity index (χ1n) is 12.8. The molecule has 14 heteroatoms. The number of fused-ring (bicyclic) bond motifs is 1. The molecule has 0 saturated carbocycles. The lowest BCUT2D eigenvalue weighted by atomic mass is 10.1. The number of aryl methyl sites for hydroxylation is 1. The Kier molecular flexibility index (Phi) is 9.17. The summed E-state index contributed by atoms with van der Waals surface area (Å²) in [5, 5.41) is 9.61. The van der Waals surface area contributed by atoms with Gasteiger partial charge in [0.05, 0.1) is 10.1 Å². The number of nitrogens with zero attached hydrogens (tertiary/aromatic N) is 2. The number of nitrogens with one attached hydrogen (secondary N) is 2. The summed E-state index contributed by atoms with van der Waals surface area (Å²) < 4.78 is 66.2. The molecule has 1 aliphatic rings. The second kappa shape index (κ2) is 12.2. The minimum Gasteiger partial charge on any atom is -0.489 e. The first kappa shape index (κ1) is 30.0. The predicted molar refractivity (Wildman–Crippen MR) is 148 cm³/mol. The number of hydrogen-bond donors (Lipinski definition) is 3. The van der Waals surface area contributed by atoms with Crippen LogP contribution in [0.4, 0.5) is 0 Å². The first-order valence-corrected chi connectivity index (χ1v) is 15.8. The van der Waals surface area contributed by atoms with Gasteiger partial charge in [-0.05, 0) is 51.1 Å². The van der Waals surface area contributed by atoms with Crippen LogP contribution in [-0.2, 0) is 31.4 Å². The van der Waals surface area contributed by atoms with E-state index in [1.54, 1.807) is 36.4 Å². The Balaban J connectivity index is 1.37. The molecule has 40 heavy (non-hydrogen) atoms. The lowest BCUT2D eigenvalue weighted by Gasteiger charge is -2.38. The fourth-order valence-electron chi connectivity index (χ4n) is 4.57. The van der Waals surface area contributed by atoms with Crippen LogP contribution in [-0.4, -0.2) is 81.2 Å². The maximum absolute atomic E-state index is 13.0. The third-order valence-corrected chi connectivity index (χ3v) is 10.7. The van der Waals surface area contributed by atoms with Crippen molar-refractivity contribution in [2.75, 3.05) is 32.7 Å². The van der Waals surface area contributed by atoms with E-state index < -0.39 is 37.2 Å². The van der Waals surface area contributed by atoms with Crippen LogP contribution >= 0.6 is 0 Å². The number of sulfonamides is 2. The van der Waals surface area contributed by atoms with Gasteiger partial charge in [-0.1, -0.05) is 18.2 Å². The van der Waals surface area contributed by atoms with Crippen molar-refractivity contribution in [2.24, 2.45) is 0 Å². The van der Waals surface area contributed by atoms with Gasteiger partial charge in [-0.25, -0.2) is 27.0 Å². The zero-order valence-corrected chi connectivity index (χ0v) is 24.2. The summed E-state index contributed by atoms with van der Waals surface area (Å²) in [6.45, 7) is 5.67. The van der Waals surface area contributed by atoms with E-state index in [9.17, 15) is 26.8 Å². The number of para-hydroxylation sites is 1. The van der Waals surface area contributed by atoms with E-state index >= 15 is 0 Å². The molecule has 0 spiro atoms. The minimum absolute atomic E-state index is 0.0270. The van der Waals surface area contributed by atoms with Crippen LogP contribution < -0.4 is 14.9 Å². The Hall–Kier alpha value is -3.01. The average Bonchev–Trinajstić information content (AvgIpc) is 3.26. The van der Waals surface area contributed by atoms with Crippen LogP contribution in [0.25, 0.3) is 11.0 Å². The maximum Gasteiger partial charge on any atom is 0.262 e. The molecule has 3 N–H and O–H groups in total. The summed E-state index contributed by atoms with van der Waals surface area (Å²) >= 11 is 0. The predicted octanol–water partition coefficient (Wildman–Crippen LogP) is 1.83. The van der Waals surface area contributed by atoms with Crippen LogP contribution in [0.3, 0.4) is 0 Å². The highest BCUT2D eigenvalue weighted by Crippen LogP contribution is 2.27. The van der Waals surface area contributed by atoms with Crippen LogP contribution in [0.1, 0.15) is 25.2 Å². The zero-order chi connectivity index (χ0) is 29.1. The van der Waals surface area contributed by atoms with Crippen molar-refractivity contribution < 1.29 is 36.0 Å². The third kappa shape index (κ3) is 6.48. The molecule has 0 unspecified atom stereocenters. The van der Waals surface area contributed by atoms with Gasteiger partial charge in [0.15, 0.2) is 0 Å². The topological polar surface area (TPSA) is 158 Å². The summed E-state index contributed by atoms with van der Waals surface area (Å²) in [5.41, 5.74) is 3.25. The van der Waals surface area contributed by atoms with Gasteiger partial charge in [0.2, 0.25) is 20.0 Å². The number of ether oxygens (including phenoxy) is 1. The van der Waals surface area contributed by atoms with Crippen molar-refractivity contribution in [3.8, 4) is 5.75 Å². The Morgan fingerprint density at radius 2 is 1.68 bits per heavy atom. The smallest absolute Gasteiger partial charge is 0.262 e. The Morgan fingerprint density at radius 3 is 2.30 bits per heavy atom. The van der Waals surface area contributed by atoms with Crippen molar-refractivity contribution in [3.63, 3.8) is 0 Å². The van der Waals surface area contributed by atoms with E-state index in [1.165, 1.54) is 16.4 Å². The van der Waals surface area contributed by atoms with Gasteiger partial charge < -0.3 is 9.15 Å². The highest BCUT2D eigenvalue weighted by Gasteiger charge is 2.34. The highest BCUT2D eigenvalue weighted by molar-refractivity contribution is 7.89. The van der Waals surface area contributed by atoms with E-state index in [0.29, 0.717) is 5.75 Å². The van der Waals surface area contributed by atoms with Crippen molar-refractivity contribution in [1.82, 2.24) is 19.4 Å². The summed E-state index contributed by atoms with van der Waals surface area (Å²) in [5.74, 6) is 0.415. The lowest BCUT2D eigenvalue weighted by molar-refractivity contribution is -0.135. The van der Waals surface area contributed by atoms with Crippen molar-refractivity contribution in [2.45, 2.75) is 43.6 Å². The first-order chi connectivity index (χ1) is 18.9. The zero-order valence-electron chi connectivity index (χ0n) is 22.5. The number of hydrogen-bond acceptors (Lipinski definition) is 9. The fraction of sp³-hybridized carbons (Fsp3) is 0.423. The Morgan fingerprint density at radius 1 is 1.02 bits per heavy atom. The van der Waals surface area contributed by atoms with Crippen LogP contribution in [0.2, 0.25) is 0 Å². The molecule has 1 saturated heterocycles. The molecule has 0 bridgehead atoms. The van der Waals surface area contributed by atoms with Gasteiger partial charge in [-0.15, -0.1) is 0 Å². The second-order valence-electron chi connectivity index (χ2n) is 9.77. The number of carbonyl (C=O) groups is 1. The maximum atomic E-state index is 13.0. The van der Waals surface area contributed by atoms with E-state index in [1.807, 2.05) is 31.2 Å². The molecule has 218 valence electrons. The summed E-state index contributed by atoms with van der Waals surface area (Å²) in [6, 6.07) is 12.5. The molecule has 1 aliphatic heterocycles. The minimum atomic E-state index is -4.01. The van der Waals surface area contributed by atoms with Crippen LogP contribution in [0, 0.1) is 6.92 Å². The van der Waals surface area contributed by atoms with Gasteiger partial charge in [0.1, 0.15) is 29.7 Å². The van der Waals surface area contributed by atoms with Crippen molar-refractivity contribution >= 4 is 36.9 Å². The molecule has 12 nitrogen and oxygen atoms in total. The molecule has 0 aliphatic carbocycles. The highest BCUT2D eigenvalue weighted by atomic mass is 32.2. The summed E-state index contributed by atoms with van der Waals surface area (Å²) in [4.78, 5) is 14.0. The Bertz CT molecular complexity index is 1550. The van der Waals surface area contributed by atoms with E-state index in [4.69, 9.17) is 9.15 Å². The SMILES string of the molecule is Cc1oc2ccccc2c1COc1ccc(S(=O)(=O)NC[C@@H](C(=O)NO)N2CCN(S(=O)(=O)C(C)C)CC2)cc1. The molecular weight excluding hydrogens is 560 g/mol. The number of piperazine rings is 1. The molecule has 3 aromatic rings. The molecule has 1 atom stereocenters. The summed E-state index contributed by atoms with van der Waals surface area (Å²) in [6.07, 6.45) is 0. The Labute approximate surface area is 234 Å². The molecule has 1 fully saturated rings. The molecule has 1 amide bonds. The fourth-order valence-corrected chi connectivity index (χ4v) is 6.88. The quantitative estimate of drug-likeness (QED) is 0.222. The molecular formula is C26H34N4O8S2. The third-order valence-electron chi connectivity index (χ3n) is 6.97. The molecule has 4 rings (SSSR count). The van der Waals surface area contributed by atoms with Crippen LogP contribution in [0.5, 0.6) is 5.75 Å². The van der Waals surface area contributed by atoms with Gasteiger partial charge in [-0.2, -0.15) is 4.31 Å². The number of carbonyl (C=O) groups excluding carboxylic acids is 1. The second-order valence-corrected chi connectivity index (χ2v) is 14.0. The number of amides is 1. The molecule has 2 aromatic carbocycles. The number of furan rings is 1. The standard InChI is InChI=1S/C26H34N4O8S2/c1-18(2)40(35,36)30-14-12-29(13-15-30)24(26(31)28-32)16-27-39(33,34)21-10-8-20(9-11-21)37-17-23-19(3)38-25-7-5-4-6-22(23)25/h4-11,18,24,27,32H,12-17H2,1-3H3,(H,28,31)/t24-/m0/s1. The van der Waals surface area contributed by atoms with Gasteiger partial charge >= 0.3 is 0 Å². The van der Waals surface area contributed by atoms with E-state index in [2.05, 4.69) is 4.72 Å². The average molecular weight is 595 g/mol.